The van der Waals surface area contributed by atoms with E-state index in [1.54, 1.807) is 43.6 Å². The van der Waals surface area contributed by atoms with Crippen LogP contribution in [0.2, 0.25) is 0 Å². The fraction of sp³-hybridized carbons (Fsp3) is 0.357. The highest BCUT2D eigenvalue weighted by atomic mass is 32.1. The molecule has 192 valence electrons. The minimum absolute atomic E-state index is 0.0200. The van der Waals surface area contributed by atoms with E-state index in [-0.39, 0.29) is 18.4 Å². The van der Waals surface area contributed by atoms with Crippen molar-refractivity contribution in [1.82, 2.24) is 9.80 Å². The third-order valence-corrected chi connectivity index (χ3v) is 6.81. The molecule has 0 aliphatic carbocycles. The summed E-state index contributed by atoms with van der Waals surface area (Å²) in [6, 6.07) is 17.2. The Bertz CT molecular complexity index is 1130. The van der Waals surface area contributed by atoms with Gasteiger partial charge in [-0.25, -0.2) is 0 Å². The van der Waals surface area contributed by atoms with Gasteiger partial charge in [-0.2, -0.15) is 0 Å². The lowest BCUT2D eigenvalue weighted by Crippen LogP contribution is -2.44. The Morgan fingerprint density at radius 1 is 0.889 bits per heavy atom. The molecule has 3 aromatic rings. The fourth-order valence-corrected chi connectivity index (χ4v) is 4.60. The minimum Gasteiger partial charge on any atom is -0.493 e. The molecule has 7 nitrogen and oxygen atoms in total. The van der Waals surface area contributed by atoms with Crippen LogP contribution in [0.15, 0.2) is 60.0 Å². The number of carbonyl (C=O) groups excluding carboxylic acids is 2. The number of hydrogen-bond acceptors (Lipinski definition) is 6. The highest BCUT2D eigenvalue weighted by Crippen LogP contribution is 2.28. The van der Waals surface area contributed by atoms with Crippen LogP contribution in [0.5, 0.6) is 11.5 Å². The predicted octanol–water partition coefficient (Wildman–Crippen LogP) is 4.43. The van der Waals surface area contributed by atoms with E-state index < -0.39 is 0 Å². The van der Waals surface area contributed by atoms with E-state index >= 15 is 0 Å². The second kappa shape index (κ2) is 13.7. The van der Waals surface area contributed by atoms with Gasteiger partial charge in [-0.15, -0.1) is 11.3 Å². The number of hydrogen-bond donors (Lipinski definition) is 0. The second-order valence-corrected chi connectivity index (χ2v) is 9.40. The quantitative estimate of drug-likeness (QED) is 0.340. The van der Waals surface area contributed by atoms with Crippen LogP contribution in [-0.2, 0) is 22.5 Å². The Balaban J connectivity index is 1.78. The molecule has 8 heteroatoms. The maximum atomic E-state index is 13.6. The number of amides is 2. The summed E-state index contributed by atoms with van der Waals surface area (Å²) in [4.78, 5) is 31.4. The molecule has 2 aromatic carbocycles. The van der Waals surface area contributed by atoms with Gasteiger partial charge in [0.05, 0.1) is 27.4 Å². The average Bonchev–Trinajstić information content (AvgIpc) is 3.41. The molecule has 2 amide bonds. The summed E-state index contributed by atoms with van der Waals surface area (Å²) in [5.74, 6) is 1.04. The van der Waals surface area contributed by atoms with E-state index in [0.29, 0.717) is 49.7 Å². The molecule has 1 aromatic heterocycles. The van der Waals surface area contributed by atoms with Crippen LogP contribution in [0.4, 0.5) is 0 Å². The molecule has 0 fully saturated rings. The first-order chi connectivity index (χ1) is 17.5. The van der Waals surface area contributed by atoms with Crippen molar-refractivity contribution in [2.75, 3.05) is 47.6 Å². The maximum Gasteiger partial charge on any atom is 0.254 e. The van der Waals surface area contributed by atoms with Gasteiger partial charge in [0.15, 0.2) is 11.5 Å². The van der Waals surface area contributed by atoms with Gasteiger partial charge in [0.2, 0.25) is 5.91 Å². The number of methoxy groups -OCH3 is 3. The van der Waals surface area contributed by atoms with Gasteiger partial charge in [0.25, 0.3) is 5.91 Å². The van der Waals surface area contributed by atoms with E-state index in [0.717, 1.165) is 16.0 Å². The lowest BCUT2D eigenvalue weighted by molar-refractivity contribution is -0.132. The van der Waals surface area contributed by atoms with Crippen LogP contribution in [0.25, 0.3) is 0 Å². The zero-order valence-electron chi connectivity index (χ0n) is 21.4. The highest BCUT2D eigenvalue weighted by molar-refractivity contribution is 7.09. The molecule has 0 N–H and O–H groups in total. The fourth-order valence-electron chi connectivity index (χ4n) is 3.88. The molecular weight excluding hydrogens is 476 g/mol. The second-order valence-electron chi connectivity index (χ2n) is 8.37. The van der Waals surface area contributed by atoms with Gasteiger partial charge in [-0.05, 0) is 54.1 Å². The Morgan fingerprint density at radius 3 is 2.33 bits per heavy atom. The third kappa shape index (κ3) is 7.32. The first kappa shape index (κ1) is 27.2. The molecule has 0 saturated heterocycles. The average molecular weight is 511 g/mol. The van der Waals surface area contributed by atoms with Crippen LogP contribution in [0, 0.1) is 6.92 Å². The Hall–Kier alpha value is -3.36. The van der Waals surface area contributed by atoms with E-state index in [1.807, 2.05) is 65.7 Å². The summed E-state index contributed by atoms with van der Waals surface area (Å²) in [5, 5.41) is 2.00. The van der Waals surface area contributed by atoms with Crippen LogP contribution in [-0.4, -0.2) is 69.2 Å². The number of aryl methyl sites for hydroxylation is 1. The molecule has 3 rings (SSSR count). The van der Waals surface area contributed by atoms with Crippen molar-refractivity contribution in [3.8, 4) is 11.5 Å². The van der Waals surface area contributed by atoms with Crippen molar-refractivity contribution < 1.29 is 23.8 Å². The molecule has 0 spiro atoms. The zero-order chi connectivity index (χ0) is 25.9. The number of ether oxygens (including phenoxy) is 3. The largest absolute Gasteiger partial charge is 0.493 e. The number of rotatable bonds is 13. The number of nitrogens with zero attached hydrogens (tertiary/aromatic N) is 2. The maximum absolute atomic E-state index is 13.6. The van der Waals surface area contributed by atoms with Gasteiger partial charge >= 0.3 is 0 Å². The molecule has 0 radical (unpaired) electrons. The van der Waals surface area contributed by atoms with E-state index in [4.69, 9.17) is 14.2 Å². The predicted molar refractivity (Wildman–Crippen MR) is 142 cm³/mol. The topological polar surface area (TPSA) is 68.3 Å². The SMILES string of the molecule is COCCN(CC(=O)N(CCc1ccc(OC)c(OC)c1)Cc1cccs1)C(=O)c1ccccc1C. The molecule has 0 aliphatic heterocycles. The summed E-state index contributed by atoms with van der Waals surface area (Å²) in [6.45, 7) is 3.55. The summed E-state index contributed by atoms with van der Waals surface area (Å²) >= 11 is 1.61. The van der Waals surface area contributed by atoms with Gasteiger partial charge in [-0.3, -0.25) is 9.59 Å². The Kier molecular flexibility index (Phi) is 10.3. The molecule has 0 aliphatic rings. The minimum atomic E-state index is -0.172. The van der Waals surface area contributed by atoms with Crippen molar-refractivity contribution in [2.45, 2.75) is 19.9 Å². The Morgan fingerprint density at radius 2 is 1.67 bits per heavy atom. The lowest BCUT2D eigenvalue weighted by Gasteiger charge is -2.28. The molecule has 0 unspecified atom stereocenters. The molecule has 0 atom stereocenters. The summed E-state index contributed by atoms with van der Waals surface area (Å²) in [5.41, 5.74) is 2.50. The van der Waals surface area contributed by atoms with Gasteiger partial charge in [0.1, 0.15) is 6.54 Å². The molecule has 0 bridgehead atoms. The first-order valence-electron chi connectivity index (χ1n) is 11.8. The standard InChI is InChI=1S/C28H34N2O5S/c1-21-8-5-6-10-24(21)28(32)30(15-16-33-2)20-27(31)29(19-23-9-7-17-36-23)14-13-22-11-12-25(34-3)26(18-22)35-4/h5-12,17-18H,13-16,19-20H2,1-4H3. The van der Waals surface area contributed by atoms with Crippen molar-refractivity contribution in [1.29, 1.82) is 0 Å². The number of benzene rings is 2. The van der Waals surface area contributed by atoms with E-state index in [9.17, 15) is 9.59 Å². The summed E-state index contributed by atoms with van der Waals surface area (Å²) in [7, 11) is 4.80. The summed E-state index contributed by atoms with van der Waals surface area (Å²) in [6.07, 6.45) is 0.640. The molecule has 0 saturated carbocycles. The van der Waals surface area contributed by atoms with Crippen molar-refractivity contribution in [3.05, 3.63) is 81.5 Å². The van der Waals surface area contributed by atoms with Crippen LogP contribution >= 0.6 is 11.3 Å². The molecular formula is C28H34N2O5S. The number of carbonyl (C=O) groups is 2. The van der Waals surface area contributed by atoms with Crippen molar-refractivity contribution >= 4 is 23.2 Å². The zero-order valence-corrected chi connectivity index (χ0v) is 22.2. The van der Waals surface area contributed by atoms with Crippen molar-refractivity contribution in [2.24, 2.45) is 0 Å². The lowest BCUT2D eigenvalue weighted by atomic mass is 10.1. The van der Waals surface area contributed by atoms with Crippen LogP contribution in [0.1, 0.15) is 26.4 Å². The third-order valence-electron chi connectivity index (χ3n) is 5.95. The monoisotopic (exact) mass is 510 g/mol. The van der Waals surface area contributed by atoms with Crippen LogP contribution < -0.4 is 9.47 Å². The van der Waals surface area contributed by atoms with Crippen LogP contribution in [0.3, 0.4) is 0 Å². The number of thiophene rings is 1. The smallest absolute Gasteiger partial charge is 0.254 e. The normalized spacial score (nSPS) is 10.7. The van der Waals surface area contributed by atoms with E-state index in [2.05, 4.69) is 0 Å². The summed E-state index contributed by atoms with van der Waals surface area (Å²) < 4.78 is 16.0. The van der Waals surface area contributed by atoms with Gasteiger partial charge in [-0.1, -0.05) is 30.3 Å². The van der Waals surface area contributed by atoms with Crippen molar-refractivity contribution in [3.63, 3.8) is 0 Å². The Labute approximate surface area is 217 Å². The highest BCUT2D eigenvalue weighted by Gasteiger charge is 2.23. The molecule has 1 heterocycles. The van der Waals surface area contributed by atoms with Gasteiger partial charge in [0, 0.05) is 30.6 Å². The molecule has 36 heavy (non-hydrogen) atoms. The van der Waals surface area contributed by atoms with E-state index in [1.165, 1.54) is 0 Å². The first-order valence-corrected chi connectivity index (χ1v) is 12.7. The van der Waals surface area contributed by atoms with Gasteiger partial charge < -0.3 is 24.0 Å².